The van der Waals surface area contributed by atoms with Crippen LogP contribution in [0.3, 0.4) is 0 Å². The molecule has 0 aliphatic rings. The Hall–Kier alpha value is -1.32. The number of allylic oxidation sites excluding steroid dienone is 2. The Morgan fingerprint density at radius 3 is 1.49 bits per heavy atom. The van der Waals surface area contributed by atoms with E-state index in [-0.39, 0.29) is 18.5 Å². The predicted octanol–water partition coefficient (Wildman–Crippen LogP) is 10.7. The smallest absolute Gasteiger partial charge is 0.306 e. The first-order valence-corrected chi connectivity index (χ1v) is 16.2. The van der Waals surface area contributed by atoms with Crippen LogP contribution >= 0.6 is 0 Å². The Balaban J connectivity index is 3.72. The standard InChI is InChI=1S/C33H62O4/c1-3-5-7-9-10-11-12-13-14-15-16-17-18-19-20-21-26-30-33(36)37-31(27-23-8-6-4-2)28-24-22-25-29-32(34)35/h13-14,31H,3-12,15-30H2,1-2H3,(H,34,35)/b14-13-. The van der Waals surface area contributed by atoms with Crippen molar-refractivity contribution in [3.8, 4) is 0 Å². The SMILES string of the molecule is CCCCCCCC/C=C\CCCCCCCCCC(=O)OC(CCCCCC)CCCCCC(=O)O. The monoisotopic (exact) mass is 522 g/mol. The molecule has 0 amide bonds. The summed E-state index contributed by atoms with van der Waals surface area (Å²) in [5, 5.41) is 8.78. The molecule has 0 heterocycles. The van der Waals surface area contributed by atoms with Gasteiger partial charge < -0.3 is 9.84 Å². The van der Waals surface area contributed by atoms with Crippen LogP contribution in [0.25, 0.3) is 0 Å². The van der Waals surface area contributed by atoms with Gasteiger partial charge in [0.15, 0.2) is 0 Å². The number of carboxylic acid groups (broad SMARTS) is 1. The minimum atomic E-state index is -0.728. The van der Waals surface area contributed by atoms with Gasteiger partial charge in [0.1, 0.15) is 6.10 Å². The molecule has 0 saturated heterocycles. The van der Waals surface area contributed by atoms with Crippen LogP contribution in [0.2, 0.25) is 0 Å². The van der Waals surface area contributed by atoms with Crippen LogP contribution in [0.15, 0.2) is 12.2 Å². The van der Waals surface area contributed by atoms with Gasteiger partial charge in [-0.2, -0.15) is 0 Å². The summed E-state index contributed by atoms with van der Waals surface area (Å²) >= 11 is 0. The molecule has 0 saturated carbocycles. The third kappa shape index (κ3) is 29.1. The van der Waals surface area contributed by atoms with Crippen molar-refractivity contribution in [1.82, 2.24) is 0 Å². The lowest BCUT2D eigenvalue weighted by Crippen LogP contribution is -2.18. The zero-order valence-electron chi connectivity index (χ0n) is 24.8. The van der Waals surface area contributed by atoms with E-state index < -0.39 is 5.97 Å². The van der Waals surface area contributed by atoms with Crippen molar-refractivity contribution in [1.29, 1.82) is 0 Å². The molecule has 1 unspecified atom stereocenters. The number of hydrogen-bond acceptors (Lipinski definition) is 3. The van der Waals surface area contributed by atoms with Crippen LogP contribution in [0.4, 0.5) is 0 Å². The highest BCUT2D eigenvalue weighted by Crippen LogP contribution is 2.17. The number of hydrogen-bond donors (Lipinski definition) is 1. The normalized spacial score (nSPS) is 12.3. The molecular formula is C33H62O4. The maximum atomic E-state index is 12.4. The summed E-state index contributed by atoms with van der Waals surface area (Å²) in [4.78, 5) is 23.0. The molecule has 0 aromatic heterocycles. The van der Waals surface area contributed by atoms with Gasteiger partial charge in [0.25, 0.3) is 0 Å². The predicted molar refractivity (Wildman–Crippen MR) is 158 cm³/mol. The number of esters is 1. The molecule has 0 aliphatic carbocycles. The van der Waals surface area contributed by atoms with E-state index in [0.717, 1.165) is 44.9 Å². The maximum Gasteiger partial charge on any atom is 0.306 e. The third-order valence-electron chi connectivity index (χ3n) is 7.24. The van der Waals surface area contributed by atoms with E-state index in [1.165, 1.54) is 103 Å². The fourth-order valence-electron chi connectivity index (χ4n) is 4.82. The minimum absolute atomic E-state index is 0.00836. The molecule has 0 spiro atoms. The summed E-state index contributed by atoms with van der Waals surface area (Å²) in [6.07, 6.45) is 33.8. The van der Waals surface area contributed by atoms with Crippen molar-refractivity contribution in [2.45, 2.75) is 187 Å². The average molecular weight is 523 g/mol. The zero-order valence-corrected chi connectivity index (χ0v) is 24.8. The molecule has 0 aromatic rings. The van der Waals surface area contributed by atoms with Gasteiger partial charge in [-0.05, 0) is 64.2 Å². The van der Waals surface area contributed by atoms with Gasteiger partial charge in [-0.25, -0.2) is 0 Å². The summed E-state index contributed by atoms with van der Waals surface area (Å²) in [6, 6.07) is 0. The fraction of sp³-hybridized carbons (Fsp3) is 0.879. The number of unbranched alkanes of at least 4 members (excludes halogenated alkanes) is 18. The number of aliphatic carboxylic acids is 1. The molecule has 0 aliphatic heterocycles. The fourth-order valence-corrected chi connectivity index (χ4v) is 4.82. The van der Waals surface area contributed by atoms with Crippen molar-refractivity contribution < 1.29 is 19.4 Å². The summed E-state index contributed by atoms with van der Waals surface area (Å²) < 4.78 is 5.83. The Labute approximate surface area is 230 Å². The Morgan fingerprint density at radius 1 is 0.568 bits per heavy atom. The largest absolute Gasteiger partial charge is 0.481 e. The first kappa shape index (κ1) is 35.7. The first-order chi connectivity index (χ1) is 18.1. The molecule has 4 nitrogen and oxygen atoms in total. The van der Waals surface area contributed by atoms with Crippen molar-refractivity contribution in [3.05, 3.63) is 12.2 Å². The summed E-state index contributed by atoms with van der Waals surface area (Å²) in [5.74, 6) is -0.771. The average Bonchev–Trinajstić information content (AvgIpc) is 2.87. The van der Waals surface area contributed by atoms with Crippen molar-refractivity contribution in [3.63, 3.8) is 0 Å². The molecule has 0 fully saturated rings. The van der Waals surface area contributed by atoms with Crippen LogP contribution < -0.4 is 0 Å². The highest BCUT2D eigenvalue weighted by molar-refractivity contribution is 5.69. The van der Waals surface area contributed by atoms with Gasteiger partial charge in [-0.15, -0.1) is 0 Å². The van der Waals surface area contributed by atoms with E-state index in [2.05, 4.69) is 26.0 Å². The summed E-state index contributed by atoms with van der Waals surface area (Å²) in [6.45, 7) is 4.48. The van der Waals surface area contributed by atoms with Gasteiger partial charge in [-0.3, -0.25) is 9.59 Å². The van der Waals surface area contributed by atoms with Gasteiger partial charge >= 0.3 is 11.9 Å². The molecule has 0 bridgehead atoms. The molecule has 0 rings (SSSR count). The number of carbonyl (C=O) groups is 2. The second kappa shape index (κ2) is 29.2. The molecule has 218 valence electrons. The van der Waals surface area contributed by atoms with Crippen molar-refractivity contribution >= 4 is 11.9 Å². The van der Waals surface area contributed by atoms with Gasteiger partial charge in [0, 0.05) is 12.8 Å². The first-order valence-electron chi connectivity index (χ1n) is 16.2. The summed E-state index contributed by atoms with van der Waals surface area (Å²) in [5.41, 5.74) is 0. The topological polar surface area (TPSA) is 63.6 Å². The van der Waals surface area contributed by atoms with Gasteiger partial charge in [-0.1, -0.05) is 116 Å². The maximum absolute atomic E-state index is 12.4. The minimum Gasteiger partial charge on any atom is -0.481 e. The van der Waals surface area contributed by atoms with Crippen LogP contribution in [-0.2, 0) is 14.3 Å². The quantitative estimate of drug-likeness (QED) is 0.0602. The van der Waals surface area contributed by atoms with E-state index in [0.29, 0.717) is 12.8 Å². The second-order valence-corrected chi connectivity index (χ2v) is 11.0. The highest BCUT2D eigenvalue weighted by Gasteiger charge is 2.14. The molecule has 1 atom stereocenters. The number of rotatable bonds is 29. The highest BCUT2D eigenvalue weighted by atomic mass is 16.5. The Bertz CT molecular complexity index is 528. The van der Waals surface area contributed by atoms with Gasteiger partial charge in [0.2, 0.25) is 0 Å². The lowest BCUT2D eigenvalue weighted by Gasteiger charge is -2.18. The zero-order chi connectivity index (χ0) is 27.2. The lowest BCUT2D eigenvalue weighted by atomic mass is 10.0. The van der Waals surface area contributed by atoms with Crippen LogP contribution in [-0.4, -0.2) is 23.1 Å². The van der Waals surface area contributed by atoms with Gasteiger partial charge in [0.05, 0.1) is 0 Å². The molecule has 0 aromatic carbocycles. The van der Waals surface area contributed by atoms with Crippen LogP contribution in [0.1, 0.15) is 181 Å². The van der Waals surface area contributed by atoms with E-state index in [4.69, 9.17) is 9.84 Å². The van der Waals surface area contributed by atoms with Crippen molar-refractivity contribution in [2.24, 2.45) is 0 Å². The summed E-state index contributed by atoms with van der Waals surface area (Å²) in [7, 11) is 0. The third-order valence-corrected chi connectivity index (χ3v) is 7.24. The number of carboxylic acids is 1. The molecule has 1 N–H and O–H groups in total. The molecule has 4 heteroatoms. The second-order valence-electron chi connectivity index (χ2n) is 11.0. The van der Waals surface area contributed by atoms with E-state index in [1.807, 2.05) is 0 Å². The van der Waals surface area contributed by atoms with E-state index in [1.54, 1.807) is 0 Å². The Morgan fingerprint density at radius 2 is 0.973 bits per heavy atom. The van der Waals surface area contributed by atoms with Crippen LogP contribution in [0, 0.1) is 0 Å². The molecular weight excluding hydrogens is 460 g/mol. The molecule has 37 heavy (non-hydrogen) atoms. The molecule has 0 radical (unpaired) electrons. The van der Waals surface area contributed by atoms with Crippen LogP contribution in [0.5, 0.6) is 0 Å². The van der Waals surface area contributed by atoms with Crippen molar-refractivity contribution in [2.75, 3.05) is 0 Å². The number of ether oxygens (including phenoxy) is 1. The lowest BCUT2D eigenvalue weighted by molar-refractivity contribution is -0.150. The van der Waals surface area contributed by atoms with E-state index >= 15 is 0 Å². The number of carbonyl (C=O) groups excluding carboxylic acids is 1. The Kier molecular flexibility index (Phi) is 28.2. The van der Waals surface area contributed by atoms with E-state index in [9.17, 15) is 9.59 Å².